The van der Waals surface area contributed by atoms with Gasteiger partial charge in [-0.25, -0.2) is 0 Å². The highest BCUT2D eigenvalue weighted by Crippen LogP contribution is 2.17. The van der Waals surface area contributed by atoms with Crippen LogP contribution in [0, 0.1) is 0 Å². The molecule has 1 heterocycles. The average Bonchev–Trinajstić information content (AvgIpc) is 2.37. The summed E-state index contributed by atoms with van der Waals surface area (Å²) in [7, 11) is 1.60. The van der Waals surface area contributed by atoms with Crippen LogP contribution >= 0.6 is 0 Å². The number of hydrogen-bond donors (Lipinski definition) is 1. The van der Waals surface area contributed by atoms with Crippen LogP contribution in [0.2, 0.25) is 0 Å². The van der Waals surface area contributed by atoms with E-state index in [-0.39, 0.29) is 11.8 Å². The number of carbonyl (C=O) groups excluding carboxylic acids is 2. The van der Waals surface area contributed by atoms with E-state index in [1.165, 1.54) is 0 Å². The van der Waals surface area contributed by atoms with E-state index in [9.17, 15) is 9.59 Å². The molecule has 1 N–H and O–H groups in total. The van der Waals surface area contributed by atoms with Crippen molar-refractivity contribution in [3.8, 4) is 0 Å². The number of amides is 2. The van der Waals surface area contributed by atoms with Gasteiger partial charge < -0.3 is 15.0 Å². The van der Waals surface area contributed by atoms with Gasteiger partial charge in [0.15, 0.2) is 0 Å². The quantitative estimate of drug-likeness (QED) is 0.745. The molecule has 0 aromatic carbocycles. The van der Waals surface area contributed by atoms with Gasteiger partial charge in [-0.1, -0.05) is 6.92 Å². The van der Waals surface area contributed by atoms with Crippen LogP contribution in [-0.4, -0.2) is 49.1 Å². The molecule has 0 radical (unpaired) electrons. The summed E-state index contributed by atoms with van der Waals surface area (Å²) in [4.78, 5) is 25.4. The van der Waals surface area contributed by atoms with Crippen molar-refractivity contribution in [2.75, 3.05) is 26.8 Å². The fourth-order valence-corrected chi connectivity index (χ4v) is 1.77. The summed E-state index contributed by atoms with van der Waals surface area (Å²) in [6.07, 6.45) is 0.964. The molecule has 0 saturated carbocycles. The number of hydrogen-bond acceptors (Lipinski definition) is 3. The van der Waals surface area contributed by atoms with Gasteiger partial charge in [0.05, 0.1) is 6.61 Å². The molecule has 0 spiro atoms. The second-order valence-electron chi connectivity index (χ2n) is 4.27. The zero-order valence-corrected chi connectivity index (χ0v) is 10.2. The van der Waals surface area contributed by atoms with Gasteiger partial charge in [-0.2, -0.15) is 0 Å². The highest BCUT2D eigenvalue weighted by atomic mass is 16.5. The number of nitrogens with one attached hydrogen (secondary N) is 1. The number of nitrogens with zero attached hydrogens (tertiary/aromatic N) is 1. The average molecular weight is 228 g/mol. The second kappa shape index (κ2) is 5.30. The van der Waals surface area contributed by atoms with Gasteiger partial charge >= 0.3 is 0 Å². The lowest BCUT2D eigenvalue weighted by Crippen LogP contribution is -2.55. The molecule has 92 valence electrons. The van der Waals surface area contributed by atoms with E-state index < -0.39 is 5.54 Å². The third-order valence-corrected chi connectivity index (χ3v) is 3.06. The van der Waals surface area contributed by atoms with E-state index >= 15 is 0 Å². The summed E-state index contributed by atoms with van der Waals surface area (Å²) in [5.41, 5.74) is -0.763. The van der Waals surface area contributed by atoms with E-state index in [2.05, 4.69) is 5.32 Å². The molecule has 1 unspecified atom stereocenters. The summed E-state index contributed by atoms with van der Waals surface area (Å²) >= 11 is 0. The van der Waals surface area contributed by atoms with Crippen LogP contribution in [0.3, 0.4) is 0 Å². The van der Waals surface area contributed by atoms with Gasteiger partial charge in [-0.15, -0.1) is 0 Å². The molecule has 1 saturated heterocycles. The summed E-state index contributed by atoms with van der Waals surface area (Å²) in [5, 5.41) is 2.79. The molecular formula is C11H20N2O3. The first-order valence-electron chi connectivity index (χ1n) is 5.63. The first-order valence-corrected chi connectivity index (χ1v) is 5.63. The molecule has 1 aliphatic rings. The molecule has 1 aliphatic heterocycles. The topological polar surface area (TPSA) is 58.6 Å². The lowest BCUT2D eigenvalue weighted by Gasteiger charge is -2.31. The molecule has 2 amide bonds. The van der Waals surface area contributed by atoms with Crippen LogP contribution in [0.25, 0.3) is 0 Å². The van der Waals surface area contributed by atoms with Gasteiger partial charge in [0.25, 0.3) is 0 Å². The van der Waals surface area contributed by atoms with Crippen LogP contribution in [0.5, 0.6) is 0 Å². The Morgan fingerprint density at radius 3 is 2.75 bits per heavy atom. The molecule has 1 rings (SSSR count). The number of rotatable bonds is 4. The van der Waals surface area contributed by atoms with E-state index in [0.29, 0.717) is 32.5 Å². The first-order chi connectivity index (χ1) is 7.53. The third kappa shape index (κ3) is 2.72. The minimum atomic E-state index is -0.763. The lowest BCUT2D eigenvalue weighted by atomic mass is 9.97. The molecule has 0 aromatic rings. The fraction of sp³-hybridized carbons (Fsp3) is 0.818. The van der Waals surface area contributed by atoms with E-state index in [0.717, 1.165) is 0 Å². The Bertz CT molecular complexity index is 280. The molecule has 1 fully saturated rings. The predicted octanol–water partition coefficient (Wildman–Crippen LogP) is 0.150. The Labute approximate surface area is 96.1 Å². The van der Waals surface area contributed by atoms with E-state index in [1.54, 1.807) is 18.9 Å². The largest absolute Gasteiger partial charge is 0.383 e. The Morgan fingerprint density at radius 2 is 2.19 bits per heavy atom. The zero-order chi connectivity index (χ0) is 12.2. The van der Waals surface area contributed by atoms with E-state index in [4.69, 9.17) is 4.74 Å². The summed E-state index contributed by atoms with van der Waals surface area (Å²) < 4.78 is 4.96. The molecule has 0 aromatic heterocycles. The maximum atomic E-state index is 12.2. The minimum absolute atomic E-state index is 0.0158. The molecule has 5 nitrogen and oxygen atoms in total. The van der Waals surface area contributed by atoms with Gasteiger partial charge in [0.1, 0.15) is 5.54 Å². The number of methoxy groups -OCH3 is 1. The van der Waals surface area contributed by atoms with Crippen molar-refractivity contribution in [3.05, 3.63) is 0 Å². The van der Waals surface area contributed by atoms with Crippen molar-refractivity contribution in [2.24, 2.45) is 0 Å². The van der Waals surface area contributed by atoms with Crippen molar-refractivity contribution in [2.45, 2.75) is 32.2 Å². The lowest BCUT2D eigenvalue weighted by molar-refractivity contribution is -0.138. The van der Waals surface area contributed by atoms with Crippen LogP contribution in [-0.2, 0) is 14.3 Å². The monoisotopic (exact) mass is 228 g/mol. The summed E-state index contributed by atoms with van der Waals surface area (Å²) in [6, 6.07) is 0. The van der Waals surface area contributed by atoms with Gasteiger partial charge in [-0.05, 0) is 13.3 Å². The minimum Gasteiger partial charge on any atom is -0.383 e. The van der Waals surface area contributed by atoms with Crippen molar-refractivity contribution in [1.82, 2.24) is 10.2 Å². The van der Waals surface area contributed by atoms with Crippen LogP contribution in [0.1, 0.15) is 26.7 Å². The fourth-order valence-electron chi connectivity index (χ4n) is 1.77. The summed E-state index contributed by atoms with van der Waals surface area (Å²) in [5.74, 6) is -0.0736. The smallest absolute Gasteiger partial charge is 0.248 e. The van der Waals surface area contributed by atoms with Gasteiger partial charge in [0.2, 0.25) is 11.8 Å². The Morgan fingerprint density at radius 1 is 1.50 bits per heavy atom. The Kier molecular flexibility index (Phi) is 4.29. The van der Waals surface area contributed by atoms with Gasteiger partial charge in [-0.3, -0.25) is 9.59 Å². The molecule has 5 heteroatoms. The molecule has 1 atom stereocenters. The first kappa shape index (κ1) is 13.0. The van der Waals surface area contributed by atoms with Crippen LogP contribution in [0.4, 0.5) is 0 Å². The van der Waals surface area contributed by atoms with Crippen molar-refractivity contribution in [1.29, 1.82) is 0 Å². The van der Waals surface area contributed by atoms with Crippen LogP contribution < -0.4 is 5.32 Å². The molecular weight excluding hydrogens is 208 g/mol. The SMILES string of the molecule is CCC1(C)NC(=O)CCN(CCOC)C1=O. The number of ether oxygens (including phenoxy) is 1. The van der Waals surface area contributed by atoms with Gasteiger partial charge in [0, 0.05) is 26.6 Å². The Balaban J connectivity index is 2.79. The molecule has 0 bridgehead atoms. The summed E-state index contributed by atoms with van der Waals surface area (Å²) in [6.45, 7) is 5.19. The molecule has 0 aliphatic carbocycles. The maximum Gasteiger partial charge on any atom is 0.248 e. The normalized spacial score (nSPS) is 26.6. The maximum absolute atomic E-state index is 12.2. The number of carbonyl (C=O) groups is 2. The third-order valence-electron chi connectivity index (χ3n) is 3.06. The predicted molar refractivity (Wildman–Crippen MR) is 59.9 cm³/mol. The Hall–Kier alpha value is -1.10. The zero-order valence-electron chi connectivity index (χ0n) is 10.2. The van der Waals surface area contributed by atoms with Crippen molar-refractivity contribution >= 4 is 11.8 Å². The standard InChI is InChI=1S/C11H20N2O3/c1-4-11(2)10(15)13(7-8-16-3)6-5-9(14)12-11/h4-8H2,1-3H3,(H,12,14). The van der Waals surface area contributed by atoms with Crippen molar-refractivity contribution in [3.63, 3.8) is 0 Å². The highest BCUT2D eigenvalue weighted by Gasteiger charge is 2.38. The van der Waals surface area contributed by atoms with E-state index in [1.807, 2.05) is 6.92 Å². The highest BCUT2D eigenvalue weighted by molar-refractivity contribution is 5.93. The van der Waals surface area contributed by atoms with Crippen molar-refractivity contribution < 1.29 is 14.3 Å². The van der Waals surface area contributed by atoms with Crippen LogP contribution in [0.15, 0.2) is 0 Å². The second-order valence-corrected chi connectivity index (χ2v) is 4.27. The molecule has 16 heavy (non-hydrogen) atoms.